The van der Waals surface area contributed by atoms with Crippen molar-refractivity contribution in [2.75, 3.05) is 13.7 Å². The van der Waals surface area contributed by atoms with E-state index in [1.807, 2.05) is 37.3 Å². The fraction of sp³-hybridized carbons (Fsp3) is 0.222. The minimum Gasteiger partial charge on any atom is -0.493 e. The number of hydrogen-bond donors (Lipinski definition) is 2. The summed E-state index contributed by atoms with van der Waals surface area (Å²) in [6, 6.07) is 21.3. The van der Waals surface area contributed by atoms with E-state index in [-0.39, 0.29) is 0 Å². The summed E-state index contributed by atoms with van der Waals surface area (Å²) in [6.45, 7) is 1.76. The predicted molar refractivity (Wildman–Crippen MR) is 127 cm³/mol. The molecule has 176 valence electrons. The molecule has 0 saturated carbocycles. The highest BCUT2D eigenvalue weighted by Crippen LogP contribution is 2.33. The first-order valence-corrected chi connectivity index (χ1v) is 10.8. The lowest BCUT2D eigenvalue weighted by Gasteiger charge is -2.23. The lowest BCUT2D eigenvalue weighted by atomic mass is 10.0. The molecule has 7 heteroatoms. The van der Waals surface area contributed by atoms with Crippen LogP contribution >= 0.6 is 0 Å². The number of aryl methyl sites for hydroxylation is 1. The number of benzene rings is 3. The second kappa shape index (κ2) is 10.4. The molecule has 34 heavy (non-hydrogen) atoms. The summed E-state index contributed by atoms with van der Waals surface area (Å²) in [7, 11) is 1.52. The van der Waals surface area contributed by atoms with Gasteiger partial charge in [-0.2, -0.15) is 0 Å². The Morgan fingerprint density at radius 1 is 0.971 bits per heavy atom. The molecule has 0 saturated heterocycles. The molecule has 7 nitrogen and oxygen atoms in total. The van der Waals surface area contributed by atoms with Crippen molar-refractivity contribution in [3.63, 3.8) is 0 Å². The standard InChI is InChI=1S/C27H26O7/c1-17-12-26(29)34-23-14-20(9-10-21(17)23)33-25(15-28)27(30)19-8-11-22(24(13-19)31-2)32-16-18-6-4-3-5-7-18/h3-14,25,27-28,30H,15-16H2,1-2H3. The van der Waals surface area contributed by atoms with E-state index in [1.54, 1.807) is 36.4 Å². The molecule has 4 aromatic rings. The number of aliphatic hydroxyl groups excluding tert-OH is 2. The van der Waals surface area contributed by atoms with Gasteiger partial charge in [-0.15, -0.1) is 0 Å². The molecule has 2 N–H and O–H groups in total. The van der Waals surface area contributed by atoms with Crippen molar-refractivity contribution < 1.29 is 28.8 Å². The first kappa shape index (κ1) is 23.4. The largest absolute Gasteiger partial charge is 0.493 e. The Kier molecular flexibility index (Phi) is 7.15. The number of rotatable bonds is 9. The van der Waals surface area contributed by atoms with Crippen LogP contribution < -0.4 is 19.8 Å². The van der Waals surface area contributed by atoms with Gasteiger partial charge in [0.25, 0.3) is 0 Å². The molecule has 1 aromatic heterocycles. The van der Waals surface area contributed by atoms with Crippen LogP contribution in [0.3, 0.4) is 0 Å². The molecule has 0 aliphatic heterocycles. The van der Waals surface area contributed by atoms with Gasteiger partial charge in [-0.25, -0.2) is 4.79 Å². The summed E-state index contributed by atoms with van der Waals surface area (Å²) < 4.78 is 22.4. The Morgan fingerprint density at radius 3 is 2.50 bits per heavy atom. The van der Waals surface area contributed by atoms with Gasteiger partial charge in [-0.1, -0.05) is 36.4 Å². The highest BCUT2D eigenvalue weighted by Gasteiger charge is 2.24. The van der Waals surface area contributed by atoms with Crippen LogP contribution in [-0.4, -0.2) is 30.0 Å². The Hall–Kier alpha value is -3.81. The fourth-order valence-corrected chi connectivity index (χ4v) is 3.69. The lowest BCUT2D eigenvalue weighted by Crippen LogP contribution is -2.29. The normalized spacial score (nSPS) is 12.8. The monoisotopic (exact) mass is 462 g/mol. The average Bonchev–Trinajstić information content (AvgIpc) is 2.85. The van der Waals surface area contributed by atoms with Crippen molar-refractivity contribution in [3.8, 4) is 17.2 Å². The quantitative estimate of drug-likeness (QED) is 0.360. The molecule has 4 rings (SSSR count). The van der Waals surface area contributed by atoms with Gasteiger partial charge in [-0.05, 0) is 47.9 Å². The highest BCUT2D eigenvalue weighted by atomic mass is 16.5. The van der Waals surface area contributed by atoms with Gasteiger partial charge in [0, 0.05) is 17.5 Å². The van der Waals surface area contributed by atoms with E-state index < -0.39 is 24.4 Å². The molecular weight excluding hydrogens is 436 g/mol. The van der Waals surface area contributed by atoms with Crippen LogP contribution in [0.15, 0.2) is 82.0 Å². The number of fused-ring (bicyclic) bond motifs is 1. The second-order valence-corrected chi connectivity index (χ2v) is 7.87. The van der Waals surface area contributed by atoms with E-state index in [0.29, 0.717) is 35.0 Å². The summed E-state index contributed by atoms with van der Waals surface area (Å²) in [5.41, 5.74) is 2.21. The molecule has 0 fully saturated rings. The molecule has 0 radical (unpaired) electrons. The van der Waals surface area contributed by atoms with Crippen LogP contribution in [0.2, 0.25) is 0 Å². The summed E-state index contributed by atoms with van der Waals surface area (Å²) in [6.07, 6.45) is -2.11. The van der Waals surface area contributed by atoms with Crippen molar-refractivity contribution in [2.45, 2.75) is 25.7 Å². The number of methoxy groups -OCH3 is 1. The number of aliphatic hydroxyl groups is 2. The zero-order valence-electron chi connectivity index (χ0n) is 18.9. The molecule has 0 spiro atoms. The topological polar surface area (TPSA) is 98.4 Å². The molecule has 0 bridgehead atoms. The van der Waals surface area contributed by atoms with Gasteiger partial charge in [0.2, 0.25) is 0 Å². The third-order valence-electron chi connectivity index (χ3n) is 5.51. The first-order valence-electron chi connectivity index (χ1n) is 10.8. The fourth-order valence-electron chi connectivity index (χ4n) is 3.69. The highest BCUT2D eigenvalue weighted by molar-refractivity contribution is 5.81. The zero-order valence-corrected chi connectivity index (χ0v) is 18.9. The summed E-state index contributed by atoms with van der Waals surface area (Å²) in [4.78, 5) is 11.7. The van der Waals surface area contributed by atoms with E-state index in [4.69, 9.17) is 18.6 Å². The van der Waals surface area contributed by atoms with E-state index >= 15 is 0 Å². The smallest absolute Gasteiger partial charge is 0.336 e. The van der Waals surface area contributed by atoms with Crippen molar-refractivity contribution >= 4 is 11.0 Å². The van der Waals surface area contributed by atoms with Crippen LogP contribution in [0, 0.1) is 6.92 Å². The van der Waals surface area contributed by atoms with Gasteiger partial charge in [0.05, 0.1) is 13.7 Å². The maximum Gasteiger partial charge on any atom is 0.336 e. The van der Waals surface area contributed by atoms with Crippen molar-refractivity contribution in [3.05, 3.63) is 99.9 Å². The predicted octanol–water partition coefficient (Wildman–Crippen LogP) is 4.16. The maximum absolute atomic E-state index is 11.7. The minimum absolute atomic E-state index is 0.356. The Morgan fingerprint density at radius 2 is 1.76 bits per heavy atom. The summed E-state index contributed by atoms with van der Waals surface area (Å²) >= 11 is 0. The zero-order chi connectivity index (χ0) is 24.1. The molecule has 0 aliphatic rings. The molecule has 2 atom stereocenters. The van der Waals surface area contributed by atoms with Gasteiger partial charge in [0.15, 0.2) is 17.6 Å². The van der Waals surface area contributed by atoms with E-state index in [2.05, 4.69) is 0 Å². The Balaban J connectivity index is 1.51. The van der Waals surface area contributed by atoms with Crippen molar-refractivity contribution in [1.29, 1.82) is 0 Å². The summed E-state index contributed by atoms with van der Waals surface area (Å²) in [5, 5.41) is 21.6. The number of ether oxygens (including phenoxy) is 3. The van der Waals surface area contributed by atoms with Crippen molar-refractivity contribution in [2.24, 2.45) is 0 Å². The maximum atomic E-state index is 11.7. The van der Waals surface area contributed by atoms with Gasteiger partial charge < -0.3 is 28.8 Å². The first-order chi connectivity index (χ1) is 16.5. The SMILES string of the molecule is COc1cc(C(O)C(CO)Oc2ccc3c(C)cc(=O)oc3c2)ccc1OCc1ccccc1. The third-order valence-corrected chi connectivity index (χ3v) is 5.51. The van der Waals surface area contributed by atoms with Crippen LogP contribution in [0.5, 0.6) is 17.2 Å². The van der Waals surface area contributed by atoms with Gasteiger partial charge in [0.1, 0.15) is 24.0 Å². The molecule has 0 amide bonds. The second-order valence-electron chi connectivity index (χ2n) is 7.87. The van der Waals surface area contributed by atoms with Gasteiger partial charge >= 0.3 is 5.63 Å². The summed E-state index contributed by atoms with van der Waals surface area (Å²) in [5.74, 6) is 1.34. The minimum atomic E-state index is -1.15. The van der Waals surface area contributed by atoms with E-state index in [1.165, 1.54) is 13.2 Å². The van der Waals surface area contributed by atoms with Gasteiger partial charge in [-0.3, -0.25) is 0 Å². The van der Waals surface area contributed by atoms with Crippen LogP contribution in [0.25, 0.3) is 11.0 Å². The lowest BCUT2D eigenvalue weighted by molar-refractivity contribution is 0.000683. The molecule has 1 heterocycles. The Labute approximate surface area is 196 Å². The number of hydrogen-bond acceptors (Lipinski definition) is 7. The Bertz CT molecular complexity index is 1310. The van der Waals surface area contributed by atoms with Crippen molar-refractivity contribution in [1.82, 2.24) is 0 Å². The molecular formula is C27H26O7. The third kappa shape index (κ3) is 5.22. The van der Waals surface area contributed by atoms with E-state index in [9.17, 15) is 15.0 Å². The molecule has 2 unspecified atom stereocenters. The van der Waals surface area contributed by atoms with Crippen LogP contribution in [0.4, 0.5) is 0 Å². The average molecular weight is 462 g/mol. The van der Waals surface area contributed by atoms with Crippen LogP contribution in [-0.2, 0) is 6.61 Å². The van der Waals surface area contributed by atoms with Crippen LogP contribution in [0.1, 0.15) is 22.8 Å². The van der Waals surface area contributed by atoms with E-state index in [0.717, 1.165) is 16.5 Å². The molecule has 0 aliphatic carbocycles. The molecule has 3 aromatic carbocycles.